The van der Waals surface area contributed by atoms with Gasteiger partial charge in [-0.1, -0.05) is 23.5 Å². The van der Waals surface area contributed by atoms with Gasteiger partial charge in [0.1, 0.15) is 0 Å². The maximum Gasteiger partial charge on any atom is 0.338 e. The van der Waals surface area contributed by atoms with Crippen LogP contribution >= 0.6 is 23.1 Å². The number of fused-ring (bicyclic) bond motifs is 1. The average Bonchev–Trinajstić information content (AvgIpc) is 3.13. The maximum atomic E-state index is 13.5. The highest BCUT2D eigenvalue weighted by Gasteiger charge is 2.33. The van der Waals surface area contributed by atoms with Crippen LogP contribution in [0.5, 0.6) is 0 Å². The molecule has 0 aliphatic carbocycles. The predicted molar refractivity (Wildman–Crippen MR) is 132 cm³/mol. The lowest BCUT2D eigenvalue weighted by Crippen LogP contribution is -2.39. The molecule has 0 saturated carbocycles. The van der Waals surface area contributed by atoms with E-state index < -0.39 is 16.9 Å². The number of rotatable bonds is 6. The molecule has 174 valence electrons. The minimum Gasteiger partial charge on any atom is -0.463 e. The molecule has 3 aromatic rings. The zero-order valence-corrected chi connectivity index (χ0v) is 20.3. The van der Waals surface area contributed by atoms with E-state index in [0.29, 0.717) is 26.2 Å². The van der Waals surface area contributed by atoms with Gasteiger partial charge in [-0.25, -0.2) is 9.79 Å². The van der Waals surface area contributed by atoms with Crippen molar-refractivity contribution in [2.24, 2.45) is 4.99 Å². The Labute approximate surface area is 203 Å². The summed E-state index contributed by atoms with van der Waals surface area (Å²) in [6, 6.07) is 13.0. The number of benzene rings is 2. The van der Waals surface area contributed by atoms with Crippen LogP contribution in [-0.2, 0) is 9.53 Å². The molecule has 1 aromatic heterocycles. The quantitative estimate of drug-likeness (QED) is 0.225. The average molecular weight is 496 g/mol. The van der Waals surface area contributed by atoms with E-state index >= 15 is 0 Å². The molecule has 0 N–H and O–H groups in total. The molecule has 2 aromatic carbocycles. The number of carbonyl (C=O) groups is 1. The third kappa shape index (κ3) is 4.46. The summed E-state index contributed by atoms with van der Waals surface area (Å²) in [5, 5.41) is 10.9. The number of hydrogen-bond donors (Lipinski definition) is 0. The summed E-state index contributed by atoms with van der Waals surface area (Å²) >= 11 is 2.81. The Balaban J connectivity index is 1.90. The number of nitro groups is 1. The summed E-state index contributed by atoms with van der Waals surface area (Å²) in [4.78, 5) is 43.0. The Morgan fingerprint density at radius 1 is 1.24 bits per heavy atom. The smallest absolute Gasteiger partial charge is 0.338 e. The van der Waals surface area contributed by atoms with Gasteiger partial charge in [-0.15, -0.1) is 11.8 Å². The fourth-order valence-electron chi connectivity index (χ4n) is 3.74. The normalized spacial score (nSPS) is 15.6. The molecule has 0 spiro atoms. The summed E-state index contributed by atoms with van der Waals surface area (Å²) in [6.07, 6.45) is 3.65. The van der Waals surface area contributed by atoms with E-state index in [9.17, 15) is 19.7 Å². The molecule has 2 heterocycles. The van der Waals surface area contributed by atoms with Crippen molar-refractivity contribution in [3.05, 3.63) is 101 Å². The molecule has 8 nitrogen and oxygen atoms in total. The topological polar surface area (TPSA) is 104 Å². The summed E-state index contributed by atoms with van der Waals surface area (Å²) < 4.78 is 7.24. The van der Waals surface area contributed by atoms with Crippen molar-refractivity contribution in [2.75, 3.05) is 12.9 Å². The minimum absolute atomic E-state index is 0.0259. The van der Waals surface area contributed by atoms with Gasteiger partial charge in [-0.05, 0) is 61.6 Å². The molecule has 1 aliphatic heterocycles. The number of esters is 1. The lowest BCUT2D eigenvalue weighted by atomic mass is 9.96. The number of hydrogen-bond acceptors (Lipinski definition) is 8. The molecule has 1 aliphatic rings. The Morgan fingerprint density at radius 3 is 2.50 bits per heavy atom. The van der Waals surface area contributed by atoms with Crippen LogP contribution in [0.1, 0.15) is 31.0 Å². The van der Waals surface area contributed by atoms with Gasteiger partial charge < -0.3 is 4.74 Å². The standard InChI is InChI=1S/C24H21N3O5S2/c1-4-32-23(29)20-14(2)25-24-26(21(20)16-7-11-18(33-3)12-8-16)22(28)19(34-24)13-15-5-9-17(10-6-15)27(30)31/h5-13,21H,4H2,1-3H3/b19-13-/t21-/m1/s1. The Bertz CT molecular complexity index is 1470. The number of non-ortho nitro benzene ring substituents is 1. The van der Waals surface area contributed by atoms with Crippen LogP contribution < -0.4 is 14.9 Å². The van der Waals surface area contributed by atoms with Crippen LogP contribution in [0.4, 0.5) is 5.69 Å². The van der Waals surface area contributed by atoms with Crippen LogP contribution in [0.2, 0.25) is 0 Å². The number of aromatic nitrogens is 1. The molecule has 34 heavy (non-hydrogen) atoms. The van der Waals surface area contributed by atoms with Gasteiger partial charge in [0.05, 0.1) is 33.4 Å². The zero-order valence-electron chi connectivity index (χ0n) is 18.7. The van der Waals surface area contributed by atoms with E-state index in [-0.39, 0.29) is 17.9 Å². The van der Waals surface area contributed by atoms with Crippen molar-refractivity contribution in [2.45, 2.75) is 24.8 Å². The van der Waals surface area contributed by atoms with Crippen LogP contribution in [0.15, 0.2) is 74.5 Å². The Hall–Kier alpha value is -3.50. The SMILES string of the molecule is CCOC(=O)C1=C(C)N=c2s/c(=C\c3ccc([N+](=O)[O-])cc3)c(=O)n2[C@@H]1c1ccc(SC)cc1. The van der Waals surface area contributed by atoms with Crippen molar-refractivity contribution in [1.82, 2.24) is 4.57 Å². The fourth-order valence-corrected chi connectivity index (χ4v) is 5.19. The van der Waals surface area contributed by atoms with Crippen LogP contribution in [0, 0.1) is 10.1 Å². The van der Waals surface area contributed by atoms with E-state index in [1.807, 2.05) is 30.5 Å². The molecule has 1 atom stereocenters. The maximum absolute atomic E-state index is 13.5. The van der Waals surface area contributed by atoms with Gasteiger partial charge in [0.2, 0.25) is 0 Å². The zero-order chi connectivity index (χ0) is 24.4. The van der Waals surface area contributed by atoms with Crippen molar-refractivity contribution in [3.8, 4) is 0 Å². The van der Waals surface area contributed by atoms with Crippen molar-refractivity contribution >= 4 is 40.8 Å². The predicted octanol–water partition coefficient (Wildman–Crippen LogP) is 3.43. The summed E-state index contributed by atoms with van der Waals surface area (Å²) in [5.74, 6) is -0.507. The number of thiazole rings is 1. The number of allylic oxidation sites excluding steroid dienone is 1. The van der Waals surface area contributed by atoms with E-state index in [1.54, 1.807) is 43.8 Å². The number of carbonyl (C=O) groups excluding carboxylic acids is 1. The highest BCUT2D eigenvalue weighted by Crippen LogP contribution is 2.31. The third-order valence-corrected chi connectivity index (χ3v) is 7.08. The fraction of sp³-hybridized carbons (Fsp3) is 0.208. The molecular formula is C24H21N3O5S2. The molecule has 0 bridgehead atoms. The highest BCUT2D eigenvalue weighted by molar-refractivity contribution is 7.98. The second-order valence-corrected chi connectivity index (χ2v) is 9.31. The van der Waals surface area contributed by atoms with Gasteiger partial charge >= 0.3 is 5.97 Å². The lowest BCUT2D eigenvalue weighted by molar-refractivity contribution is -0.384. The van der Waals surface area contributed by atoms with Crippen molar-refractivity contribution in [3.63, 3.8) is 0 Å². The molecule has 0 saturated heterocycles. The molecule has 4 rings (SSSR count). The van der Waals surface area contributed by atoms with Gasteiger partial charge in [-0.2, -0.15) is 0 Å². The van der Waals surface area contributed by atoms with Crippen LogP contribution in [-0.4, -0.2) is 28.3 Å². The monoisotopic (exact) mass is 495 g/mol. The van der Waals surface area contributed by atoms with E-state index in [4.69, 9.17) is 4.74 Å². The van der Waals surface area contributed by atoms with E-state index in [2.05, 4.69) is 4.99 Å². The number of nitro benzene ring substituents is 1. The van der Waals surface area contributed by atoms with Gasteiger partial charge in [0.15, 0.2) is 4.80 Å². The first-order valence-corrected chi connectivity index (χ1v) is 12.5. The van der Waals surface area contributed by atoms with Gasteiger partial charge in [0, 0.05) is 17.0 Å². The Morgan fingerprint density at radius 2 is 1.91 bits per heavy atom. The second-order valence-electron chi connectivity index (χ2n) is 7.42. The van der Waals surface area contributed by atoms with Crippen LogP contribution in [0.3, 0.4) is 0 Å². The van der Waals surface area contributed by atoms with E-state index in [0.717, 1.165) is 10.5 Å². The largest absolute Gasteiger partial charge is 0.463 e. The first-order valence-electron chi connectivity index (χ1n) is 10.4. The molecule has 10 heteroatoms. The molecule has 0 amide bonds. The number of nitrogens with zero attached hydrogens (tertiary/aromatic N) is 3. The molecule has 0 fully saturated rings. The molecule has 0 unspecified atom stereocenters. The Kier molecular flexibility index (Phi) is 6.80. The summed E-state index contributed by atoms with van der Waals surface area (Å²) in [5.41, 5.74) is 1.93. The number of ether oxygens (including phenoxy) is 1. The minimum atomic E-state index is -0.676. The second kappa shape index (κ2) is 9.78. The van der Waals surface area contributed by atoms with Crippen LogP contribution in [0.25, 0.3) is 6.08 Å². The lowest BCUT2D eigenvalue weighted by Gasteiger charge is -2.24. The summed E-state index contributed by atoms with van der Waals surface area (Å²) in [7, 11) is 0. The number of thioether (sulfide) groups is 1. The molecule has 0 radical (unpaired) electrons. The first kappa shape index (κ1) is 23.7. The van der Waals surface area contributed by atoms with Crippen molar-refractivity contribution in [1.29, 1.82) is 0 Å². The van der Waals surface area contributed by atoms with E-state index in [1.165, 1.54) is 28.0 Å². The van der Waals surface area contributed by atoms with Crippen molar-refractivity contribution < 1.29 is 14.5 Å². The molecular weight excluding hydrogens is 474 g/mol. The third-order valence-electron chi connectivity index (χ3n) is 5.35. The summed E-state index contributed by atoms with van der Waals surface area (Å²) in [6.45, 7) is 3.68. The first-order chi connectivity index (χ1) is 16.3. The van der Waals surface area contributed by atoms with Gasteiger partial charge in [-0.3, -0.25) is 19.5 Å². The van der Waals surface area contributed by atoms with Gasteiger partial charge in [0.25, 0.3) is 11.2 Å². The highest BCUT2D eigenvalue weighted by atomic mass is 32.2.